The number of nitriles is 1. The standard InChI is InChI=1S/C12H8N6O4/c13-4-7-8(16-12(15)17-10(7)14)5-2-1-3-6(11(19)20)9(5)18(21)22/h1-3H,(H,19,20)(H4,14,15,16,17). The van der Waals surface area contributed by atoms with Gasteiger partial charge in [-0.15, -0.1) is 0 Å². The van der Waals surface area contributed by atoms with Crippen molar-refractivity contribution < 1.29 is 14.8 Å². The molecule has 0 radical (unpaired) electrons. The number of nitrogens with zero attached hydrogens (tertiary/aromatic N) is 4. The minimum atomic E-state index is -1.48. The van der Waals surface area contributed by atoms with Gasteiger partial charge in [0.05, 0.1) is 10.5 Å². The van der Waals surface area contributed by atoms with E-state index < -0.39 is 22.1 Å². The first kappa shape index (κ1) is 14.7. The van der Waals surface area contributed by atoms with E-state index in [2.05, 4.69) is 9.97 Å². The summed E-state index contributed by atoms with van der Waals surface area (Å²) >= 11 is 0. The predicted octanol–water partition coefficient (Wildman–Crippen LogP) is 0.786. The second-order valence-electron chi connectivity index (χ2n) is 4.07. The van der Waals surface area contributed by atoms with Gasteiger partial charge in [0.2, 0.25) is 5.95 Å². The molecule has 110 valence electrons. The molecule has 1 heterocycles. The topological polar surface area (TPSA) is 182 Å². The van der Waals surface area contributed by atoms with Crippen LogP contribution in [-0.2, 0) is 0 Å². The maximum absolute atomic E-state index is 11.2. The highest BCUT2D eigenvalue weighted by Gasteiger charge is 2.28. The highest BCUT2D eigenvalue weighted by Crippen LogP contribution is 2.35. The number of nitrogen functional groups attached to an aromatic ring is 2. The molecule has 1 aromatic carbocycles. The van der Waals surface area contributed by atoms with Crippen LogP contribution >= 0.6 is 0 Å². The second-order valence-corrected chi connectivity index (χ2v) is 4.07. The van der Waals surface area contributed by atoms with E-state index in [1.54, 1.807) is 6.07 Å². The van der Waals surface area contributed by atoms with Crippen LogP contribution in [-0.4, -0.2) is 26.0 Å². The lowest BCUT2D eigenvalue weighted by molar-refractivity contribution is -0.384. The molecule has 0 saturated heterocycles. The Labute approximate surface area is 122 Å². The average molecular weight is 300 g/mol. The third-order valence-corrected chi connectivity index (χ3v) is 2.77. The van der Waals surface area contributed by atoms with Gasteiger partial charge in [-0.3, -0.25) is 10.1 Å². The molecule has 0 unspecified atom stereocenters. The van der Waals surface area contributed by atoms with Crippen molar-refractivity contribution in [2.45, 2.75) is 0 Å². The number of aromatic nitrogens is 2. The lowest BCUT2D eigenvalue weighted by Crippen LogP contribution is -2.08. The minimum absolute atomic E-state index is 0.178. The maximum atomic E-state index is 11.2. The molecule has 10 heteroatoms. The first-order chi connectivity index (χ1) is 10.4. The summed E-state index contributed by atoms with van der Waals surface area (Å²) in [5.74, 6) is -2.02. The van der Waals surface area contributed by atoms with E-state index in [9.17, 15) is 14.9 Å². The fraction of sp³-hybridized carbons (Fsp3) is 0. The molecular formula is C12H8N6O4. The molecule has 0 atom stereocenters. The van der Waals surface area contributed by atoms with Crippen molar-refractivity contribution in [2.75, 3.05) is 11.5 Å². The molecule has 0 fully saturated rings. The van der Waals surface area contributed by atoms with Crippen LogP contribution in [0.15, 0.2) is 18.2 Å². The quantitative estimate of drug-likeness (QED) is 0.544. The van der Waals surface area contributed by atoms with E-state index in [0.29, 0.717) is 0 Å². The summed E-state index contributed by atoms with van der Waals surface area (Å²) < 4.78 is 0. The number of nitro benzene ring substituents is 1. The smallest absolute Gasteiger partial charge is 0.342 e. The van der Waals surface area contributed by atoms with Gasteiger partial charge in [0, 0.05) is 0 Å². The molecule has 0 spiro atoms. The van der Waals surface area contributed by atoms with Crippen LogP contribution in [0.2, 0.25) is 0 Å². The number of carbonyl (C=O) groups is 1. The molecule has 10 nitrogen and oxygen atoms in total. The molecule has 2 rings (SSSR count). The number of para-hydroxylation sites is 1. The van der Waals surface area contributed by atoms with E-state index in [1.807, 2.05) is 0 Å². The van der Waals surface area contributed by atoms with Crippen LogP contribution in [0.5, 0.6) is 0 Å². The van der Waals surface area contributed by atoms with Crippen LogP contribution in [0.1, 0.15) is 15.9 Å². The van der Waals surface area contributed by atoms with Gasteiger partial charge in [-0.25, -0.2) is 9.78 Å². The van der Waals surface area contributed by atoms with Crippen LogP contribution < -0.4 is 11.5 Å². The zero-order valence-corrected chi connectivity index (χ0v) is 10.8. The van der Waals surface area contributed by atoms with Crippen LogP contribution in [0, 0.1) is 21.4 Å². The minimum Gasteiger partial charge on any atom is -0.477 e. The van der Waals surface area contributed by atoms with E-state index in [0.717, 1.165) is 6.07 Å². The number of carboxylic acid groups (broad SMARTS) is 1. The molecule has 0 amide bonds. The van der Waals surface area contributed by atoms with Crippen molar-refractivity contribution in [3.8, 4) is 17.3 Å². The number of nitro groups is 1. The molecule has 22 heavy (non-hydrogen) atoms. The SMILES string of the molecule is N#Cc1c(N)nc(N)nc1-c1cccc(C(=O)O)c1[N+](=O)[O-]. The zero-order chi connectivity index (χ0) is 16.4. The largest absolute Gasteiger partial charge is 0.477 e. The first-order valence-corrected chi connectivity index (χ1v) is 5.71. The number of aromatic carboxylic acids is 1. The Balaban J connectivity index is 2.91. The van der Waals surface area contributed by atoms with Crippen molar-refractivity contribution in [1.29, 1.82) is 5.26 Å². The Morgan fingerprint density at radius 3 is 2.59 bits per heavy atom. The maximum Gasteiger partial charge on any atom is 0.342 e. The normalized spacial score (nSPS) is 9.95. The number of rotatable bonds is 3. The fourth-order valence-corrected chi connectivity index (χ4v) is 1.91. The van der Waals surface area contributed by atoms with Crippen molar-refractivity contribution in [1.82, 2.24) is 9.97 Å². The molecule has 0 saturated carbocycles. The number of benzene rings is 1. The Morgan fingerprint density at radius 2 is 2.05 bits per heavy atom. The lowest BCUT2D eigenvalue weighted by Gasteiger charge is -2.08. The van der Waals surface area contributed by atoms with Gasteiger partial charge in [0.1, 0.15) is 28.7 Å². The van der Waals surface area contributed by atoms with E-state index >= 15 is 0 Å². The van der Waals surface area contributed by atoms with Gasteiger partial charge in [-0.2, -0.15) is 10.2 Å². The van der Waals surface area contributed by atoms with Gasteiger partial charge in [0.15, 0.2) is 0 Å². The van der Waals surface area contributed by atoms with Crippen molar-refractivity contribution in [3.63, 3.8) is 0 Å². The van der Waals surface area contributed by atoms with Crippen LogP contribution in [0.3, 0.4) is 0 Å². The molecule has 0 aliphatic rings. The summed E-state index contributed by atoms with van der Waals surface area (Å²) in [6, 6.07) is 5.35. The predicted molar refractivity (Wildman–Crippen MR) is 74.6 cm³/mol. The Hall–Kier alpha value is -3.74. The number of carboxylic acids is 1. The number of hydrogen-bond donors (Lipinski definition) is 3. The number of hydrogen-bond acceptors (Lipinski definition) is 8. The first-order valence-electron chi connectivity index (χ1n) is 5.71. The molecule has 0 aliphatic carbocycles. The molecule has 0 aliphatic heterocycles. The van der Waals surface area contributed by atoms with Crippen molar-refractivity contribution in [3.05, 3.63) is 39.4 Å². The lowest BCUT2D eigenvalue weighted by atomic mass is 10.0. The fourth-order valence-electron chi connectivity index (χ4n) is 1.91. The summed E-state index contributed by atoms with van der Waals surface area (Å²) in [6.07, 6.45) is 0. The number of anilines is 2. The zero-order valence-electron chi connectivity index (χ0n) is 10.8. The van der Waals surface area contributed by atoms with Gasteiger partial charge in [-0.05, 0) is 12.1 Å². The average Bonchev–Trinajstić information content (AvgIpc) is 2.45. The molecular weight excluding hydrogens is 292 g/mol. The highest BCUT2D eigenvalue weighted by atomic mass is 16.6. The Morgan fingerprint density at radius 1 is 1.36 bits per heavy atom. The van der Waals surface area contributed by atoms with Gasteiger partial charge in [0.25, 0.3) is 5.69 Å². The van der Waals surface area contributed by atoms with Gasteiger partial charge < -0.3 is 16.6 Å². The molecule has 5 N–H and O–H groups in total. The summed E-state index contributed by atoms with van der Waals surface area (Å²) in [4.78, 5) is 28.9. The summed E-state index contributed by atoms with van der Waals surface area (Å²) in [5.41, 5.74) is 9.16. The van der Waals surface area contributed by atoms with E-state index in [4.69, 9.17) is 21.8 Å². The molecule has 2 aromatic rings. The summed E-state index contributed by atoms with van der Waals surface area (Å²) in [5, 5.41) is 29.4. The number of nitrogens with two attached hydrogens (primary N) is 2. The third kappa shape index (κ3) is 2.34. The van der Waals surface area contributed by atoms with Crippen LogP contribution in [0.25, 0.3) is 11.3 Å². The van der Waals surface area contributed by atoms with E-state index in [1.165, 1.54) is 12.1 Å². The van der Waals surface area contributed by atoms with E-state index in [-0.39, 0.29) is 28.6 Å². The third-order valence-electron chi connectivity index (χ3n) is 2.77. The Bertz CT molecular complexity index is 842. The van der Waals surface area contributed by atoms with Crippen molar-refractivity contribution >= 4 is 23.4 Å². The summed E-state index contributed by atoms with van der Waals surface area (Å²) in [7, 11) is 0. The highest BCUT2D eigenvalue weighted by molar-refractivity contribution is 5.97. The monoisotopic (exact) mass is 300 g/mol. The second kappa shape index (κ2) is 5.33. The van der Waals surface area contributed by atoms with Crippen molar-refractivity contribution in [2.24, 2.45) is 0 Å². The Kier molecular flexibility index (Phi) is 3.55. The molecule has 0 bridgehead atoms. The molecule has 1 aromatic heterocycles. The summed E-state index contributed by atoms with van der Waals surface area (Å²) in [6.45, 7) is 0. The van der Waals surface area contributed by atoms with Crippen LogP contribution in [0.4, 0.5) is 17.5 Å². The van der Waals surface area contributed by atoms with Gasteiger partial charge >= 0.3 is 5.97 Å². The van der Waals surface area contributed by atoms with Gasteiger partial charge in [-0.1, -0.05) is 6.07 Å².